The maximum atomic E-state index is 11.0. The first kappa shape index (κ1) is 11.0. The van der Waals surface area contributed by atoms with E-state index in [2.05, 4.69) is 6.92 Å². The van der Waals surface area contributed by atoms with Crippen LogP contribution in [0.3, 0.4) is 0 Å². The molecule has 1 aliphatic heterocycles. The summed E-state index contributed by atoms with van der Waals surface area (Å²) in [6.07, 6.45) is 6.32. The first-order chi connectivity index (χ1) is 7.61. The molecule has 0 aromatic carbocycles. The van der Waals surface area contributed by atoms with Crippen molar-refractivity contribution in [3.05, 3.63) is 0 Å². The third-order valence-corrected chi connectivity index (χ3v) is 5.18. The minimum atomic E-state index is -0.645. The van der Waals surface area contributed by atoms with E-state index < -0.39 is 5.60 Å². The Kier molecular flexibility index (Phi) is 2.36. The van der Waals surface area contributed by atoms with Crippen molar-refractivity contribution in [2.45, 2.75) is 62.8 Å². The highest BCUT2D eigenvalue weighted by Crippen LogP contribution is 2.60. The summed E-state index contributed by atoms with van der Waals surface area (Å²) in [5.41, 5.74) is -0.704. The molecule has 1 saturated heterocycles. The van der Waals surface area contributed by atoms with Crippen molar-refractivity contribution < 1.29 is 14.9 Å². The van der Waals surface area contributed by atoms with Gasteiger partial charge in [-0.25, -0.2) is 0 Å². The van der Waals surface area contributed by atoms with E-state index >= 15 is 0 Å². The third-order valence-electron chi connectivity index (χ3n) is 5.18. The van der Waals surface area contributed by atoms with Gasteiger partial charge in [0.25, 0.3) is 0 Å². The van der Waals surface area contributed by atoms with Crippen LogP contribution in [0.25, 0.3) is 0 Å². The van der Waals surface area contributed by atoms with Crippen molar-refractivity contribution in [2.24, 2.45) is 11.8 Å². The average molecular weight is 226 g/mol. The standard InChI is InChI=1S/C13H22O3/c1-12-7-5-9-3-2-4-10(6-8-14)13(9,15)11(12)16-12/h9-11,14-15H,2-8H2,1H3/t9-,10+,11-,12-,13-/m1/s1. The number of fused-ring (bicyclic) bond motifs is 3. The van der Waals surface area contributed by atoms with Crippen molar-refractivity contribution in [3.8, 4) is 0 Å². The smallest absolute Gasteiger partial charge is 0.116 e. The van der Waals surface area contributed by atoms with Gasteiger partial charge >= 0.3 is 0 Å². The molecule has 0 bridgehead atoms. The summed E-state index contributed by atoms with van der Waals surface area (Å²) >= 11 is 0. The Labute approximate surface area is 96.8 Å². The van der Waals surface area contributed by atoms with Gasteiger partial charge < -0.3 is 14.9 Å². The Bertz CT molecular complexity index is 285. The molecule has 92 valence electrons. The van der Waals surface area contributed by atoms with Gasteiger partial charge in [-0.2, -0.15) is 0 Å². The number of aliphatic hydroxyl groups is 2. The molecule has 3 aliphatic rings. The van der Waals surface area contributed by atoms with Crippen LogP contribution in [0.1, 0.15) is 45.4 Å². The Morgan fingerprint density at radius 3 is 2.88 bits per heavy atom. The van der Waals surface area contributed by atoms with E-state index in [0.29, 0.717) is 5.92 Å². The molecular weight excluding hydrogens is 204 g/mol. The summed E-state index contributed by atoms with van der Waals surface area (Å²) in [5.74, 6) is 0.641. The molecule has 2 N–H and O–H groups in total. The summed E-state index contributed by atoms with van der Waals surface area (Å²) in [4.78, 5) is 0. The highest BCUT2D eigenvalue weighted by molar-refractivity contribution is 5.18. The van der Waals surface area contributed by atoms with E-state index in [1.165, 1.54) is 6.42 Å². The molecule has 3 fully saturated rings. The van der Waals surface area contributed by atoms with Crippen LogP contribution in [0, 0.1) is 11.8 Å². The van der Waals surface area contributed by atoms with Gasteiger partial charge in [0.05, 0.1) is 11.2 Å². The fraction of sp³-hybridized carbons (Fsp3) is 1.00. The van der Waals surface area contributed by atoms with Gasteiger partial charge in [0, 0.05) is 6.61 Å². The van der Waals surface area contributed by atoms with Gasteiger partial charge in [-0.15, -0.1) is 0 Å². The fourth-order valence-electron chi connectivity index (χ4n) is 4.21. The largest absolute Gasteiger partial charge is 0.396 e. The molecule has 3 nitrogen and oxygen atoms in total. The van der Waals surface area contributed by atoms with E-state index in [1.807, 2.05) is 0 Å². The lowest BCUT2D eigenvalue weighted by molar-refractivity contribution is -0.125. The maximum absolute atomic E-state index is 11.0. The minimum absolute atomic E-state index is 0.0376. The number of ether oxygens (including phenoxy) is 1. The maximum Gasteiger partial charge on any atom is 0.116 e. The second-order valence-corrected chi connectivity index (χ2v) is 6.07. The highest BCUT2D eigenvalue weighted by atomic mass is 16.6. The number of aliphatic hydroxyl groups excluding tert-OH is 1. The molecule has 5 atom stereocenters. The van der Waals surface area contributed by atoms with E-state index in [4.69, 9.17) is 9.84 Å². The molecule has 0 aromatic heterocycles. The van der Waals surface area contributed by atoms with Crippen molar-refractivity contribution >= 4 is 0 Å². The zero-order valence-corrected chi connectivity index (χ0v) is 9.98. The zero-order chi connectivity index (χ0) is 11.4. The second kappa shape index (κ2) is 3.44. The fourth-order valence-corrected chi connectivity index (χ4v) is 4.21. The first-order valence-corrected chi connectivity index (χ1v) is 6.62. The predicted octanol–water partition coefficient (Wildman–Crippen LogP) is 1.47. The number of rotatable bonds is 2. The Morgan fingerprint density at radius 1 is 1.31 bits per heavy atom. The molecule has 1 heterocycles. The molecule has 0 amide bonds. The Hall–Kier alpha value is -0.120. The lowest BCUT2D eigenvalue weighted by Gasteiger charge is -2.48. The quantitative estimate of drug-likeness (QED) is 0.701. The van der Waals surface area contributed by atoms with Gasteiger partial charge in [0.15, 0.2) is 0 Å². The topological polar surface area (TPSA) is 53.0 Å². The predicted molar refractivity (Wildman–Crippen MR) is 60.0 cm³/mol. The molecular formula is C13H22O3. The minimum Gasteiger partial charge on any atom is -0.396 e. The average Bonchev–Trinajstić information content (AvgIpc) is 2.94. The molecule has 2 aliphatic carbocycles. The van der Waals surface area contributed by atoms with Crippen molar-refractivity contribution in [1.82, 2.24) is 0 Å². The van der Waals surface area contributed by atoms with Gasteiger partial charge in [-0.3, -0.25) is 0 Å². The summed E-state index contributed by atoms with van der Waals surface area (Å²) < 4.78 is 5.78. The number of epoxide rings is 1. The van der Waals surface area contributed by atoms with Crippen LogP contribution in [0.2, 0.25) is 0 Å². The van der Waals surface area contributed by atoms with Crippen LogP contribution >= 0.6 is 0 Å². The van der Waals surface area contributed by atoms with E-state index in [-0.39, 0.29) is 24.2 Å². The Balaban J connectivity index is 1.87. The monoisotopic (exact) mass is 226 g/mol. The van der Waals surface area contributed by atoms with Crippen molar-refractivity contribution in [2.75, 3.05) is 6.61 Å². The van der Waals surface area contributed by atoms with Crippen LogP contribution in [0.5, 0.6) is 0 Å². The molecule has 0 unspecified atom stereocenters. The van der Waals surface area contributed by atoms with E-state index in [9.17, 15) is 5.11 Å². The zero-order valence-electron chi connectivity index (χ0n) is 9.98. The molecule has 2 saturated carbocycles. The van der Waals surface area contributed by atoms with Crippen LogP contribution in [0.15, 0.2) is 0 Å². The van der Waals surface area contributed by atoms with Crippen LogP contribution in [-0.2, 0) is 4.74 Å². The normalized spacial score (nSPS) is 55.3. The lowest BCUT2D eigenvalue weighted by atomic mass is 9.59. The molecule has 0 spiro atoms. The van der Waals surface area contributed by atoms with Crippen molar-refractivity contribution in [3.63, 3.8) is 0 Å². The van der Waals surface area contributed by atoms with Gasteiger partial charge in [-0.1, -0.05) is 6.42 Å². The van der Waals surface area contributed by atoms with Crippen LogP contribution in [-0.4, -0.2) is 34.1 Å². The molecule has 0 aromatic rings. The van der Waals surface area contributed by atoms with Crippen LogP contribution < -0.4 is 0 Å². The van der Waals surface area contributed by atoms with Gasteiger partial charge in [0.2, 0.25) is 0 Å². The highest BCUT2D eigenvalue weighted by Gasteiger charge is 2.70. The second-order valence-electron chi connectivity index (χ2n) is 6.07. The molecule has 3 rings (SSSR count). The summed E-state index contributed by atoms with van der Waals surface area (Å²) in [7, 11) is 0. The molecule has 16 heavy (non-hydrogen) atoms. The van der Waals surface area contributed by atoms with E-state index in [0.717, 1.165) is 32.1 Å². The summed E-state index contributed by atoms with van der Waals surface area (Å²) in [5, 5.41) is 20.2. The molecule has 3 heteroatoms. The summed E-state index contributed by atoms with van der Waals surface area (Å²) in [6.45, 7) is 2.31. The number of hydrogen-bond donors (Lipinski definition) is 2. The third kappa shape index (κ3) is 1.31. The van der Waals surface area contributed by atoms with Crippen LogP contribution in [0.4, 0.5) is 0 Å². The SMILES string of the molecule is C[C@@]12CC[C@H]3CCC[C@@H](CCO)[C@@]3(O)[C@@H]1O2. The van der Waals surface area contributed by atoms with Gasteiger partial charge in [-0.05, 0) is 50.9 Å². The summed E-state index contributed by atoms with van der Waals surface area (Å²) in [6, 6.07) is 0. The van der Waals surface area contributed by atoms with E-state index in [1.54, 1.807) is 0 Å². The molecule has 0 radical (unpaired) electrons. The first-order valence-electron chi connectivity index (χ1n) is 6.62. The number of hydrogen-bond acceptors (Lipinski definition) is 3. The van der Waals surface area contributed by atoms with Gasteiger partial charge in [0.1, 0.15) is 6.10 Å². The van der Waals surface area contributed by atoms with Crippen molar-refractivity contribution in [1.29, 1.82) is 0 Å². The Morgan fingerprint density at radius 2 is 2.12 bits per heavy atom. The lowest BCUT2D eigenvalue weighted by Crippen LogP contribution is -2.56.